The third kappa shape index (κ3) is 12.0. The average Bonchev–Trinajstić information content (AvgIpc) is 2.10. The fraction of sp³-hybridized carbons (Fsp3) is 0.923. The van der Waals surface area contributed by atoms with Gasteiger partial charge in [-0.3, -0.25) is 0 Å². The first-order valence-electron chi connectivity index (χ1n) is 7.16. The highest BCUT2D eigenvalue weighted by atomic mass is 28.5. The summed E-state index contributed by atoms with van der Waals surface area (Å²) in [4.78, 5) is 0. The van der Waals surface area contributed by atoms with Gasteiger partial charge in [0.05, 0.1) is 0 Å². The molecule has 0 saturated heterocycles. The van der Waals surface area contributed by atoms with E-state index in [1.165, 1.54) is 0 Å². The molecule has 0 heterocycles. The van der Waals surface area contributed by atoms with E-state index >= 15 is 0 Å². The standard InChI is InChI=1S/C13H32O3Si3/c1-9-11-14-12-10-13-19(8,15-17(2,3)4)16-18(5,6)7/h1H,9-13H2,2-8H3. The minimum Gasteiger partial charge on any atom is -0.437 e. The lowest BCUT2D eigenvalue weighted by molar-refractivity contribution is 0.137. The van der Waals surface area contributed by atoms with Gasteiger partial charge < -0.3 is 13.0 Å². The van der Waals surface area contributed by atoms with E-state index in [9.17, 15) is 0 Å². The maximum absolute atomic E-state index is 6.42. The molecule has 0 aliphatic rings. The van der Waals surface area contributed by atoms with Crippen LogP contribution in [0.5, 0.6) is 0 Å². The summed E-state index contributed by atoms with van der Waals surface area (Å²) in [5.74, 6) is 0. The summed E-state index contributed by atoms with van der Waals surface area (Å²) < 4.78 is 18.3. The molecular formula is C13H32O3Si3. The van der Waals surface area contributed by atoms with Crippen LogP contribution in [0.15, 0.2) is 0 Å². The topological polar surface area (TPSA) is 27.7 Å². The van der Waals surface area contributed by atoms with Gasteiger partial charge in [0.25, 0.3) is 0 Å². The number of ether oxygens (including phenoxy) is 1. The van der Waals surface area contributed by atoms with Crippen molar-refractivity contribution in [3.8, 4) is 0 Å². The number of hydrogen-bond donors (Lipinski definition) is 0. The van der Waals surface area contributed by atoms with E-state index in [1.54, 1.807) is 0 Å². The molecule has 114 valence electrons. The quantitative estimate of drug-likeness (QED) is 0.444. The Morgan fingerprint density at radius 1 is 0.789 bits per heavy atom. The molecule has 19 heavy (non-hydrogen) atoms. The van der Waals surface area contributed by atoms with Crippen LogP contribution in [0.1, 0.15) is 12.8 Å². The molecule has 0 fully saturated rings. The van der Waals surface area contributed by atoms with Gasteiger partial charge in [-0.25, -0.2) is 0 Å². The Labute approximate surface area is 123 Å². The van der Waals surface area contributed by atoms with Crippen LogP contribution >= 0.6 is 0 Å². The summed E-state index contributed by atoms with van der Waals surface area (Å²) in [6, 6.07) is 1.01. The minimum absolute atomic E-state index is 0.589. The molecule has 0 unspecified atom stereocenters. The Balaban J connectivity index is 4.41. The minimum atomic E-state index is -2.07. The molecule has 0 aromatic carbocycles. The second-order valence-corrected chi connectivity index (χ2v) is 19.9. The molecule has 0 saturated carbocycles. The molecule has 0 aliphatic heterocycles. The van der Waals surface area contributed by atoms with Gasteiger partial charge in [-0.1, -0.05) is 0 Å². The highest BCUT2D eigenvalue weighted by Gasteiger charge is 2.39. The van der Waals surface area contributed by atoms with Gasteiger partial charge in [-0.15, -0.1) is 0 Å². The number of hydrogen-bond acceptors (Lipinski definition) is 3. The summed E-state index contributed by atoms with van der Waals surface area (Å²) in [5.41, 5.74) is 0. The van der Waals surface area contributed by atoms with E-state index in [4.69, 9.17) is 19.9 Å². The van der Waals surface area contributed by atoms with Crippen LogP contribution in [0.4, 0.5) is 0 Å². The summed E-state index contributed by atoms with van der Waals surface area (Å²) in [7, 11) is -5.21. The van der Waals surface area contributed by atoms with Crippen molar-refractivity contribution >= 4 is 25.2 Å². The molecule has 0 bridgehead atoms. The van der Waals surface area contributed by atoms with Crippen molar-refractivity contribution in [2.24, 2.45) is 0 Å². The third-order valence-electron chi connectivity index (χ3n) is 2.23. The molecule has 0 aromatic rings. The van der Waals surface area contributed by atoms with Crippen LogP contribution in [0, 0.1) is 6.92 Å². The smallest absolute Gasteiger partial charge is 0.314 e. The maximum Gasteiger partial charge on any atom is 0.314 e. The zero-order chi connectivity index (χ0) is 15.2. The average molecular weight is 321 g/mol. The van der Waals surface area contributed by atoms with Crippen LogP contribution in [0.3, 0.4) is 0 Å². The number of rotatable bonds is 10. The van der Waals surface area contributed by atoms with Gasteiger partial charge in [0, 0.05) is 13.2 Å². The second kappa shape index (κ2) is 8.09. The maximum atomic E-state index is 6.42. The molecule has 0 aliphatic carbocycles. The van der Waals surface area contributed by atoms with Gasteiger partial charge >= 0.3 is 8.56 Å². The van der Waals surface area contributed by atoms with Gasteiger partial charge in [0.2, 0.25) is 0 Å². The zero-order valence-corrected chi connectivity index (χ0v) is 16.8. The van der Waals surface area contributed by atoms with E-state index in [0.29, 0.717) is 13.0 Å². The van der Waals surface area contributed by atoms with Crippen molar-refractivity contribution in [2.45, 2.75) is 64.7 Å². The molecule has 0 rings (SSSR count). The first-order valence-corrected chi connectivity index (χ1v) is 16.5. The highest BCUT2D eigenvalue weighted by molar-refractivity contribution is 6.87. The van der Waals surface area contributed by atoms with Gasteiger partial charge in [-0.05, 0) is 71.6 Å². The van der Waals surface area contributed by atoms with Crippen LogP contribution in [-0.2, 0) is 13.0 Å². The Kier molecular flexibility index (Phi) is 8.32. The van der Waals surface area contributed by atoms with Crippen molar-refractivity contribution in [1.82, 2.24) is 0 Å². The summed E-state index contributed by atoms with van der Waals surface area (Å²) >= 11 is 0. The lowest BCUT2D eigenvalue weighted by Crippen LogP contribution is -2.52. The van der Waals surface area contributed by atoms with Crippen LogP contribution in [0.2, 0.25) is 51.9 Å². The Bertz CT molecular complexity index is 230. The highest BCUT2D eigenvalue weighted by Crippen LogP contribution is 2.25. The Morgan fingerprint density at radius 2 is 1.26 bits per heavy atom. The second-order valence-electron chi connectivity index (χ2n) is 7.07. The fourth-order valence-electron chi connectivity index (χ4n) is 2.10. The summed E-state index contributed by atoms with van der Waals surface area (Å²) in [6.07, 6.45) is 1.59. The molecule has 2 radical (unpaired) electrons. The SMILES string of the molecule is [CH]CCOCCC[Si](C)(O[Si](C)(C)C)O[Si](C)(C)C. The summed E-state index contributed by atoms with van der Waals surface area (Å²) in [6.45, 7) is 22.4. The van der Waals surface area contributed by atoms with E-state index in [2.05, 4.69) is 45.8 Å². The lowest BCUT2D eigenvalue weighted by atomic mass is 10.5. The van der Waals surface area contributed by atoms with Crippen molar-refractivity contribution in [1.29, 1.82) is 0 Å². The molecule has 3 nitrogen and oxygen atoms in total. The first-order chi connectivity index (χ1) is 8.47. The lowest BCUT2D eigenvalue weighted by Gasteiger charge is -2.38. The molecule has 6 heteroatoms. The molecular weight excluding hydrogens is 288 g/mol. The molecule has 0 spiro atoms. The van der Waals surface area contributed by atoms with Gasteiger partial charge in [0.1, 0.15) is 0 Å². The predicted molar refractivity (Wildman–Crippen MR) is 89.6 cm³/mol. The van der Waals surface area contributed by atoms with Gasteiger partial charge in [-0.2, -0.15) is 0 Å². The molecule has 0 N–H and O–H groups in total. The molecule has 0 amide bonds. The van der Waals surface area contributed by atoms with E-state index in [1.807, 2.05) is 0 Å². The Morgan fingerprint density at radius 3 is 1.63 bits per heavy atom. The summed E-state index contributed by atoms with van der Waals surface area (Å²) in [5, 5.41) is 0. The van der Waals surface area contributed by atoms with Crippen LogP contribution in [0.25, 0.3) is 0 Å². The Hall–Kier alpha value is 0.531. The largest absolute Gasteiger partial charge is 0.437 e. The van der Waals surface area contributed by atoms with Gasteiger partial charge in [0.15, 0.2) is 16.6 Å². The third-order valence-corrected chi connectivity index (χ3v) is 11.8. The van der Waals surface area contributed by atoms with Crippen molar-refractivity contribution in [3.63, 3.8) is 0 Å². The predicted octanol–water partition coefficient (Wildman–Crippen LogP) is 4.27. The van der Waals surface area contributed by atoms with E-state index in [-0.39, 0.29) is 0 Å². The van der Waals surface area contributed by atoms with Crippen LogP contribution < -0.4 is 0 Å². The zero-order valence-electron chi connectivity index (χ0n) is 13.8. The van der Waals surface area contributed by atoms with E-state index < -0.39 is 25.2 Å². The fourth-order valence-corrected chi connectivity index (χ4v) is 14.6. The normalized spacial score (nSPS) is 13.9. The first kappa shape index (κ1) is 19.5. The molecule has 0 atom stereocenters. The van der Waals surface area contributed by atoms with Crippen molar-refractivity contribution < 1.29 is 13.0 Å². The monoisotopic (exact) mass is 320 g/mol. The van der Waals surface area contributed by atoms with Crippen LogP contribution in [-0.4, -0.2) is 38.4 Å². The molecule has 0 aromatic heterocycles. The van der Waals surface area contributed by atoms with E-state index in [0.717, 1.165) is 19.1 Å². The van der Waals surface area contributed by atoms with Crippen molar-refractivity contribution in [2.75, 3.05) is 13.2 Å². The van der Waals surface area contributed by atoms with Crippen molar-refractivity contribution in [3.05, 3.63) is 6.92 Å².